The first-order valence-corrected chi connectivity index (χ1v) is 9.34. The maximum absolute atomic E-state index is 13.1. The molecule has 0 saturated heterocycles. The van der Waals surface area contributed by atoms with Crippen molar-refractivity contribution >= 4 is 27.4 Å². The molecule has 0 radical (unpaired) electrons. The highest BCUT2D eigenvalue weighted by atomic mass is 32.2. The number of carbonyl (C=O) groups excluding carboxylic acids is 1. The molecule has 0 saturated carbocycles. The van der Waals surface area contributed by atoms with Crippen LogP contribution in [0.3, 0.4) is 0 Å². The Morgan fingerprint density at radius 2 is 1.68 bits per heavy atom. The van der Waals surface area contributed by atoms with E-state index in [1.807, 2.05) is 19.9 Å². The maximum atomic E-state index is 13.1. The average molecular weight is 356 g/mol. The van der Waals surface area contributed by atoms with E-state index in [-0.39, 0.29) is 11.4 Å². The average Bonchev–Trinajstić information content (AvgIpc) is 2.50. The van der Waals surface area contributed by atoms with Gasteiger partial charge >= 0.3 is 6.03 Å². The van der Waals surface area contributed by atoms with Crippen molar-refractivity contribution in [3.05, 3.63) is 65.7 Å². The Kier molecular flexibility index (Phi) is 4.16. The molecule has 0 bridgehead atoms. The number of sulfonamides is 1. The Balaban J connectivity index is 2.26. The molecule has 5 nitrogen and oxygen atoms in total. The van der Waals surface area contributed by atoms with Gasteiger partial charge in [-0.1, -0.05) is 30.4 Å². The van der Waals surface area contributed by atoms with Gasteiger partial charge in [0, 0.05) is 6.54 Å². The van der Waals surface area contributed by atoms with Crippen molar-refractivity contribution in [2.24, 2.45) is 0 Å². The Bertz CT molecular complexity index is 960. The molecule has 2 aromatic carbocycles. The first-order chi connectivity index (χ1) is 11.7. The third-order valence-electron chi connectivity index (χ3n) is 3.95. The van der Waals surface area contributed by atoms with Gasteiger partial charge in [-0.25, -0.2) is 13.2 Å². The minimum atomic E-state index is -3.97. The van der Waals surface area contributed by atoms with Crippen LogP contribution in [-0.4, -0.2) is 21.0 Å². The van der Waals surface area contributed by atoms with E-state index in [1.54, 1.807) is 37.3 Å². The Labute approximate surface area is 148 Å². The van der Waals surface area contributed by atoms with E-state index >= 15 is 0 Å². The number of anilines is 2. The Morgan fingerprint density at radius 1 is 1.08 bits per heavy atom. The predicted molar refractivity (Wildman–Crippen MR) is 99.6 cm³/mol. The molecule has 0 atom stereocenters. The zero-order valence-corrected chi connectivity index (χ0v) is 15.3. The molecular weight excluding hydrogens is 336 g/mol. The molecule has 1 aliphatic heterocycles. The maximum Gasteiger partial charge on any atom is 0.343 e. The lowest BCUT2D eigenvalue weighted by atomic mass is 10.1. The highest BCUT2D eigenvalue weighted by Gasteiger charge is 2.42. The van der Waals surface area contributed by atoms with Gasteiger partial charge in [0.2, 0.25) is 0 Å². The molecule has 0 fully saturated rings. The van der Waals surface area contributed by atoms with Gasteiger partial charge in [-0.15, -0.1) is 0 Å². The van der Waals surface area contributed by atoms with E-state index in [0.29, 0.717) is 11.4 Å². The summed E-state index contributed by atoms with van der Waals surface area (Å²) >= 11 is 0. The van der Waals surface area contributed by atoms with E-state index in [1.165, 1.54) is 11.0 Å². The molecule has 0 aromatic heterocycles. The number of nitrogens with zero attached hydrogens (tertiary/aromatic N) is 2. The lowest BCUT2D eigenvalue weighted by Gasteiger charge is -2.36. The van der Waals surface area contributed by atoms with Crippen molar-refractivity contribution in [1.82, 2.24) is 0 Å². The summed E-state index contributed by atoms with van der Waals surface area (Å²) in [6.45, 7) is 9.66. The van der Waals surface area contributed by atoms with Crippen molar-refractivity contribution in [3.63, 3.8) is 0 Å². The fourth-order valence-corrected chi connectivity index (χ4v) is 4.63. The van der Waals surface area contributed by atoms with E-state index < -0.39 is 16.1 Å². The molecule has 0 aliphatic carbocycles. The largest absolute Gasteiger partial charge is 0.343 e. The van der Waals surface area contributed by atoms with Crippen LogP contribution < -0.4 is 9.21 Å². The standard InChI is InChI=1S/C19H20N2O3S/c1-13(2)12-20-17-7-5-6-8-18(17)25(23,24)21(19(20)22)16-10-14(3)9-15(4)11-16/h5-11H,1,12H2,2-4H3. The van der Waals surface area contributed by atoms with E-state index in [2.05, 4.69) is 6.58 Å². The van der Waals surface area contributed by atoms with Crippen LogP contribution in [0.5, 0.6) is 0 Å². The number of amides is 2. The lowest BCUT2D eigenvalue weighted by Crippen LogP contribution is -2.51. The van der Waals surface area contributed by atoms with Crippen molar-refractivity contribution < 1.29 is 13.2 Å². The summed E-state index contributed by atoms with van der Waals surface area (Å²) in [5.74, 6) is 0. The molecule has 2 amide bonds. The van der Waals surface area contributed by atoms with Gasteiger partial charge < -0.3 is 0 Å². The Hall–Kier alpha value is -2.60. The number of para-hydroxylation sites is 1. The van der Waals surface area contributed by atoms with Crippen molar-refractivity contribution in [2.75, 3.05) is 15.7 Å². The topological polar surface area (TPSA) is 57.7 Å². The van der Waals surface area contributed by atoms with Crippen molar-refractivity contribution in [3.8, 4) is 0 Å². The normalized spacial score (nSPS) is 15.9. The molecule has 130 valence electrons. The summed E-state index contributed by atoms with van der Waals surface area (Å²) in [6.07, 6.45) is 0. The number of fused-ring (bicyclic) bond motifs is 1. The molecule has 1 aliphatic rings. The lowest BCUT2D eigenvalue weighted by molar-refractivity contribution is 0.254. The van der Waals surface area contributed by atoms with Crippen LogP contribution in [0.15, 0.2) is 59.5 Å². The van der Waals surface area contributed by atoms with Crippen molar-refractivity contribution in [1.29, 1.82) is 0 Å². The van der Waals surface area contributed by atoms with Gasteiger partial charge in [0.15, 0.2) is 0 Å². The van der Waals surface area contributed by atoms with Gasteiger partial charge in [-0.05, 0) is 56.2 Å². The Morgan fingerprint density at radius 3 is 2.28 bits per heavy atom. The highest BCUT2D eigenvalue weighted by Crippen LogP contribution is 2.37. The molecule has 25 heavy (non-hydrogen) atoms. The number of aryl methyl sites for hydroxylation is 2. The number of urea groups is 1. The second-order valence-electron chi connectivity index (χ2n) is 6.41. The molecular formula is C19H20N2O3S. The summed E-state index contributed by atoms with van der Waals surface area (Å²) in [6, 6.07) is 11.3. The summed E-state index contributed by atoms with van der Waals surface area (Å²) in [7, 11) is -3.97. The minimum absolute atomic E-state index is 0.120. The second kappa shape index (κ2) is 6.04. The van der Waals surface area contributed by atoms with Crippen LogP contribution in [0.25, 0.3) is 0 Å². The SMILES string of the molecule is C=C(C)CN1C(=O)N(c2cc(C)cc(C)c2)S(=O)(=O)c2ccccc21. The third kappa shape index (κ3) is 2.93. The summed E-state index contributed by atoms with van der Waals surface area (Å²) < 4.78 is 27.1. The van der Waals surface area contributed by atoms with Crippen LogP contribution in [0, 0.1) is 13.8 Å². The zero-order valence-electron chi connectivity index (χ0n) is 14.5. The van der Waals surface area contributed by atoms with Crippen LogP contribution in [-0.2, 0) is 10.0 Å². The molecule has 0 spiro atoms. The number of benzene rings is 2. The number of carbonyl (C=O) groups is 1. The monoisotopic (exact) mass is 356 g/mol. The number of rotatable bonds is 3. The summed E-state index contributed by atoms with van der Waals surface area (Å²) in [5.41, 5.74) is 3.29. The van der Waals surface area contributed by atoms with E-state index in [9.17, 15) is 13.2 Å². The van der Waals surface area contributed by atoms with E-state index in [4.69, 9.17) is 0 Å². The van der Waals surface area contributed by atoms with Gasteiger partial charge in [0.05, 0.1) is 11.4 Å². The summed E-state index contributed by atoms with van der Waals surface area (Å²) in [4.78, 5) is 14.7. The first kappa shape index (κ1) is 17.2. The minimum Gasteiger partial charge on any atom is -0.288 e. The first-order valence-electron chi connectivity index (χ1n) is 7.90. The second-order valence-corrected chi connectivity index (χ2v) is 8.16. The fraction of sp³-hybridized carbons (Fsp3) is 0.211. The van der Waals surface area contributed by atoms with E-state index in [0.717, 1.165) is 21.0 Å². The molecule has 0 unspecified atom stereocenters. The molecule has 3 rings (SSSR count). The summed E-state index contributed by atoms with van der Waals surface area (Å²) in [5, 5.41) is 0. The quantitative estimate of drug-likeness (QED) is 0.781. The molecule has 6 heteroatoms. The predicted octanol–water partition coefficient (Wildman–Crippen LogP) is 4.01. The van der Waals surface area contributed by atoms with Crippen LogP contribution in [0.4, 0.5) is 16.2 Å². The zero-order chi connectivity index (χ0) is 18.4. The highest BCUT2D eigenvalue weighted by molar-refractivity contribution is 7.94. The van der Waals surface area contributed by atoms with Crippen LogP contribution in [0.1, 0.15) is 18.1 Å². The smallest absolute Gasteiger partial charge is 0.288 e. The molecule has 1 heterocycles. The van der Waals surface area contributed by atoms with Crippen LogP contribution >= 0.6 is 0 Å². The fourth-order valence-electron chi connectivity index (χ4n) is 3.05. The van der Waals surface area contributed by atoms with Crippen LogP contribution in [0.2, 0.25) is 0 Å². The van der Waals surface area contributed by atoms with Crippen molar-refractivity contribution in [2.45, 2.75) is 25.7 Å². The van der Waals surface area contributed by atoms with Gasteiger partial charge in [0.25, 0.3) is 10.0 Å². The van der Waals surface area contributed by atoms with Gasteiger partial charge in [-0.2, -0.15) is 4.31 Å². The molecule has 2 aromatic rings. The van der Waals surface area contributed by atoms with Gasteiger partial charge in [0.1, 0.15) is 4.90 Å². The van der Waals surface area contributed by atoms with Gasteiger partial charge in [-0.3, -0.25) is 4.90 Å². The number of hydrogen-bond acceptors (Lipinski definition) is 3. The molecule has 0 N–H and O–H groups in total. The number of hydrogen-bond donors (Lipinski definition) is 0. The third-order valence-corrected chi connectivity index (χ3v) is 5.70.